The van der Waals surface area contributed by atoms with Crippen molar-refractivity contribution in [2.24, 2.45) is 0 Å². The van der Waals surface area contributed by atoms with E-state index in [9.17, 15) is 27.9 Å². The highest BCUT2D eigenvalue weighted by Crippen LogP contribution is 2.39. The predicted molar refractivity (Wildman–Crippen MR) is 171 cm³/mol. The molecule has 2 saturated heterocycles. The average Bonchev–Trinajstić information content (AvgIpc) is 3.57. The summed E-state index contributed by atoms with van der Waals surface area (Å²) in [5.41, 5.74) is 5.20. The van der Waals surface area contributed by atoms with Crippen LogP contribution in [0, 0.1) is 0 Å². The second-order valence-electron chi connectivity index (χ2n) is 12.1. The Morgan fingerprint density at radius 2 is 1.74 bits per heavy atom. The van der Waals surface area contributed by atoms with Crippen molar-refractivity contribution in [1.29, 1.82) is 0 Å². The third-order valence-corrected chi connectivity index (χ3v) is 8.52. The average molecular weight is 652 g/mol. The molecule has 0 radical (unpaired) electrons. The van der Waals surface area contributed by atoms with Gasteiger partial charge >= 0.3 is 12.1 Å². The molecule has 11 heteroatoms. The van der Waals surface area contributed by atoms with Gasteiger partial charge in [0.2, 0.25) is 5.91 Å². The molecule has 4 unspecified atom stereocenters. The Kier molecular flexibility index (Phi) is 11.1. The van der Waals surface area contributed by atoms with Gasteiger partial charge in [-0.2, -0.15) is 13.2 Å². The summed E-state index contributed by atoms with van der Waals surface area (Å²) in [7, 11) is 2.02. The van der Waals surface area contributed by atoms with Crippen molar-refractivity contribution in [2.75, 3.05) is 26.7 Å². The largest absolute Gasteiger partial charge is 0.471 e. The van der Waals surface area contributed by atoms with Crippen molar-refractivity contribution >= 4 is 11.8 Å². The van der Waals surface area contributed by atoms with Gasteiger partial charge in [0.05, 0.1) is 18.8 Å². The quantitative estimate of drug-likeness (QED) is 0.260. The number of nitrogens with zero attached hydrogens (tertiary/aromatic N) is 2. The van der Waals surface area contributed by atoms with Gasteiger partial charge in [-0.15, -0.1) is 6.58 Å². The van der Waals surface area contributed by atoms with E-state index in [4.69, 9.17) is 9.47 Å². The second kappa shape index (κ2) is 15.2. The minimum absolute atomic E-state index is 0.0328. The molecule has 5 rings (SSSR count). The Hall–Kier alpha value is -4.03. The number of hydrogen-bond donors (Lipinski definition) is 2. The van der Waals surface area contributed by atoms with Gasteiger partial charge in [0.15, 0.2) is 6.29 Å². The maximum atomic E-state index is 13.0. The van der Waals surface area contributed by atoms with E-state index in [0.717, 1.165) is 39.9 Å². The van der Waals surface area contributed by atoms with Crippen LogP contribution >= 0.6 is 0 Å². The molecular weight excluding hydrogens is 611 g/mol. The molecule has 250 valence electrons. The summed E-state index contributed by atoms with van der Waals surface area (Å²) in [4.78, 5) is 27.4. The Bertz CT molecular complexity index is 1550. The Morgan fingerprint density at radius 1 is 1.02 bits per heavy atom. The number of likely N-dealkylation sites (N-methyl/N-ethyl adjacent to an activating group) is 1. The normalized spacial score (nSPS) is 21.5. The van der Waals surface area contributed by atoms with E-state index >= 15 is 0 Å². The molecule has 4 atom stereocenters. The molecule has 0 spiro atoms. The standard InChI is InChI=1S/C36H40F3N3O5/c1-3-16-41(2)22-30-20-32(26-14-12-24(23-43)13-15-26)47-34(46-30)29-10-5-9-28(19-29)27-8-4-7-25(18-27)21-40-33(44)31-11-6-17-42(31)35(45)36(37,38)39/h3-5,7-10,12-15,18-19,30-32,34,43H,1,6,11,16-17,20-23H2,2H3,(H,40,44). The molecule has 2 fully saturated rings. The van der Waals surface area contributed by atoms with Crippen LogP contribution in [-0.2, 0) is 32.2 Å². The highest BCUT2D eigenvalue weighted by Gasteiger charge is 2.47. The summed E-state index contributed by atoms with van der Waals surface area (Å²) >= 11 is 0. The van der Waals surface area contributed by atoms with Crippen molar-refractivity contribution in [3.63, 3.8) is 0 Å². The van der Waals surface area contributed by atoms with E-state index in [1.54, 1.807) is 0 Å². The Morgan fingerprint density at radius 3 is 2.45 bits per heavy atom. The zero-order valence-corrected chi connectivity index (χ0v) is 26.3. The lowest BCUT2D eigenvalue weighted by molar-refractivity contribution is -0.252. The van der Waals surface area contributed by atoms with Crippen molar-refractivity contribution < 1.29 is 37.3 Å². The smallest absolute Gasteiger partial charge is 0.392 e. The fourth-order valence-corrected chi connectivity index (χ4v) is 6.15. The first-order valence-corrected chi connectivity index (χ1v) is 15.7. The minimum atomic E-state index is -5.02. The number of amides is 2. The van der Waals surface area contributed by atoms with Gasteiger partial charge in [0, 0.05) is 38.2 Å². The van der Waals surface area contributed by atoms with Gasteiger partial charge in [-0.3, -0.25) is 9.59 Å². The zero-order chi connectivity index (χ0) is 33.6. The van der Waals surface area contributed by atoms with Crippen molar-refractivity contribution in [1.82, 2.24) is 15.1 Å². The SMILES string of the molecule is C=CCN(C)CC1CC(c2ccc(CO)cc2)OC(c2cccc(-c3cccc(CNC(=O)C4CCCN4C(=O)C(F)(F)F)c3)c2)O1. The molecule has 0 saturated carbocycles. The van der Waals surface area contributed by atoms with Crippen LogP contribution in [0.15, 0.2) is 85.5 Å². The summed E-state index contributed by atoms with van der Waals surface area (Å²) in [6.07, 6.45) is -2.95. The molecular formula is C36H40F3N3O5. The number of carbonyl (C=O) groups is 2. The summed E-state index contributed by atoms with van der Waals surface area (Å²) < 4.78 is 52.0. The van der Waals surface area contributed by atoms with Crippen molar-refractivity contribution in [3.8, 4) is 11.1 Å². The molecule has 2 aliphatic rings. The number of carbonyl (C=O) groups excluding carboxylic acids is 2. The van der Waals surface area contributed by atoms with Crippen LogP contribution in [0.2, 0.25) is 0 Å². The number of halogens is 3. The molecule has 2 N–H and O–H groups in total. The van der Waals surface area contributed by atoms with Gasteiger partial charge in [0.25, 0.3) is 0 Å². The molecule has 2 heterocycles. The first kappa shape index (κ1) is 34.3. The van der Waals surface area contributed by atoms with Gasteiger partial charge < -0.3 is 29.7 Å². The molecule has 0 aromatic heterocycles. The summed E-state index contributed by atoms with van der Waals surface area (Å²) in [5.74, 6) is -2.59. The minimum Gasteiger partial charge on any atom is -0.392 e. The fraction of sp³-hybridized carbons (Fsp3) is 0.389. The summed E-state index contributed by atoms with van der Waals surface area (Å²) in [6, 6.07) is 22.0. The molecule has 3 aromatic rings. The monoisotopic (exact) mass is 651 g/mol. The molecule has 2 aliphatic heterocycles. The lowest BCUT2D eigenvalue weighted by Gasteiger charge is -2.37. The van der Waals surface area contributed by atoms with Gasteiger partial charge in [0.1, 0.15) is 6.04 Å². The van der Waals surface area contributed by atoms with Crippen molar-refractivity contribution in [3.05, 3.63) is 108 Å². The van der Waals surface area contributed by atoms with E-state index in [-0.39, 0.29) is 38.3 Å². The van der Waals surface area contributed by atoms with E-state index in [1.807, 2.05) is 85.9 Å². The first-order valence-electron chi connectivity index (χ1n) is 15.7. The number of ether oxygens (including phenoxy) is 2. The summed E-state index contributed by atoms with van der Waals surface area (Å²) in [6.45, 7) is 5.21. The molecule has 3 aromatic carbocycles. The maximum absolute atomic E-state index is 13.0. The van der Waals surface area contributed by atoms with Crippen molar-refractivity contribution in [2.45, 2.75) is 63.1 Å². The Labute approximate surface area is 272 Å². The topological polar surface area (TPSA) is 91.3 Å². The highest BCUT2D eigenvalue weighted by atomic mass is 19.4. The maximum Gasteiger partial charge on any atom is 0.471 e. The lowest BCUT2D eigenvalue weighted by Crippen LogP contribution is -2.50. The van der Waals surface area contributed by atoms with E-state index in [2.05, 4.69) is 16.8 Å². The number of hydrogen-bond acceptors (Lipinski definition) is 6. The third kappa shape index (κ3) is 8.66. The fourth-order valence-electron chi connectivity index (χ4n) is 6.15. The first-order chi connectivity index (χ1) is 22.5. The van der Waals surface area contributed by atoms with Gasteiger partial charge in [-0.05, 0) is 59.8 Å². The summed E-state index contributed by atoms with van der Waals surface area (Å²) in [5, 5.41) is 12.2. The second-order valence-corrected chi connectivity index (χ2v) is 12.1. The van der Waals surface area contributed by atoms with Crippen LogP contribution in [-0.4, -0.2) is 71.7 Å². The van der Waals surface area contributed by atoms with E-state index in [0.29, 0.717) is 24.3 Å². The number of aliphatic hydroxyl groups excluding tert-OH is 1. The molecule has 2 amide bonds. The number of benzene rings is 3. The Balaban J connectivity index is 1.30. The van der Waals surface area contributed by atoms with Crippen LogP contribution < -0.4 is 5.32 Å². The molecule has 8 nitrogen and oxygen atoms in total. The van der Waals surface area contributed by atoms with E-state index in [1.165, 1.54) is 0 Å². The predicted octanol–water partition coefficient (Wildman–Crippen LogP) is 5.68. The van der Waals surface area contributed by atoms with Crippen LogP contribution in [0.5, 0.6) is 0 Å². The van der Waals surface area contributed by atoms with Crippen LogP contribution in [0.3, 0.4) is 0 Å². The highest BCUT2D eigenvalue weighted by molar-refractivity contribution is 5.90. The number of likely N-dealkylation sites (tertiary alicyclic amines) is 1. The number of nitrogens with one attached hydrogen (secondary N) is 1. The number of alkyl halides is 3. The molecule has 0 bridgehead atoms. The number of aliphatic hydroxyl groups is 1. The van der Waals surface area contributed by atoms with Crippen LogP contribution in [0.25, 0.3) is 11.1 Å². The van der Waals surface area contributed by atoms with E-state index < -0.39 is 30.3 Å². The zero-order valence-electron chi connectivity index (χ0n) is 26.3. The number of rotatable bonds is 11. The molecule has 0 aliphatic carbocycles. The van der Waals surface area contributed by atoms with Crippen LogP contribution in [0.1, 0.15) is 53.9 Å². The third-order valence-electron chi connectivity index (χ3n) is 8.52. The lowest BCUT2D eigenvalue weighted by atomic mass is 9.98. The van der Waals surface area contributed by atoms with Crippen LogP contribution in [0.4, 0.5) is 13.2 Å². The van der Waals surface area contributed by atoms with Gasteiger partial charge in [-0.1, -0.05) is 66.7 Å². The molecule has 47 heavy (non-hydrogen) atoms. The van der Waals surface area contributed by atoms with Gasteiger partial charge in [-0.25, -0.2) is 0 Å².